The molecule has 2 aliphatic heterocycles. The number of hydrogen-bond acceptors (Lipinski definition) is 5. The smallest absolute Gasteiger partial charge is 0.206 e. The van der Waals surface area contributed by atoms with E-state index in [1.807, 2.05) is 20.0 Å². The van der Waals surface area contributed by atoms with E-state index < -0.39 is 0 Å². The van der Waals surface area contributed by atoms with Gasteiger partial charge in [0.15, 0.2) is 0 Å². The Kier molecular flexibility index (Phi) is 3.79. The van der Waals surface area contributed by atoms with Gasteiger partial charge < -0.3 is 4.74 Å². The highest BCUT2D eigenvalue weighted by atomic mass is 31.0. The fourth-order valence-electron chi connectivity index (χ4n) is 2.47. The summed E-state index contributed by atoms with van der Waals surface area (Å²) in [5.74, 6) is 6.85. The summed E-state index contributed by atoms with van der Waals surface area (Å²) < 4.78 is 8.06. The minimum atomic E-state index is -0.309. The van der Waals surface area contributed by atoms with Gasteiger partial charge in [-0.15, -0.1) is 6.58 Å². The highest BCUT2D eigenvalue weighted by molar-refractivity contribution is 7.13. The molecule has 2 rings (SSSR count). The second-order valence-corrected chi connectivity index (χ2v) is 6.18. The van der Waals surface area contributed by atoms with E-state index in [2.05, 4.69) is 20.6 Å². The molecule has 6 heteroatoms. The lowest BCUT2D eigenvalue weighted by Crippen LogP contribution is -2.60. The van der Waals surface area contributed by atoms with E-state index in [4.69, 9.17) is 15.6 Å². The molecule has 0 bridgehead atoms. The van der Waals surface area contributed by atoms with Gasteiger partial charge in [-0.05, 0) is 19.8 Å². The van der Waals surface area contributed by atoms with Crippen LogP contribution in [0, 0.1) is 0 Å². The van der Waals surface area contributed by atoms with Crippen LogP contribution in [0.25, 0.3) is 0 Å². The van der Waals surface area contributed by atoms with Gasteiger partial charge in [-0.3, -0.25) is 10.5 Å². The van der Waals surface area contributed by atoms with E-state index in [1.165, 1.54) is 0 Å². The lowest BCUT2D eigenvalue weighted by molar-refractivity contribution is 0.0997. The first-order chi connectivity index (χ1) is 8.42. The van der Waals surface area contributed by atoms with Crippen molar-refractivity contribution >= 4 is 15.3 Å². The molecule has 0 radical (unpaired) electrons. The molecule has 1 fully saturated rings. The van der Waals surface area contributed by atoms with E-state index in [0.717, 1.165) is 31.8 Å². The summed E-state index contributed by atoms with van der Waals surface area (Å²) in [5, 5.41) is 1.76. The number of rotatable bonds is 3. The number of piperidine rings is 1. The van der Waals surface area contributed by atoms with Crippen LogP contribution in [-0.4, -0.2) is 53.4 Å². The fourth-order valence-corrected chi connectivity index (χ4v) is 2.72. The highest BCUT2D eigenvalue weighted by Gasteiger charge is 2.46. The lowest BCUT2D eigenvalue weighted by Gasteiger charge is -2.43. The van der Waals surface area contributed by atoms with Crippen LogP contribution in [0.15, 0.2) is 17.6 Å². The summed E-state index contributed by atoms with van der Waals surface area (Å²) in [7, 11) is 4.64. The molecular formula is C12H23N4OP. The maximum absolute atomic E-state index is 6.08. The monoisotopic (exact) mass is 270 g/mol. The van der Waals surface area contributed by atoms with Crippen molar-refractivity contribution in [3.8, 4) is 0 Å². The molecule has 0 aromatic carbocycles. The number of hydrogen-bond donors (Lipinski definition) is 1. The summed E-state index contributed by atoms with van der Waals surface area (Å²) in [6.07, 6.45) is 3.69. The van der Waals surface area contributed by atoms with Crippen molar-refractivity contribution < 1.29 is 4.74 Å². The van der Waals surface area contributed by atoms with Gasteiger partial charge in [-0.2, -0.15) is 0 Å². The van der Waals surface area contributed by atoms with Crippen LogP contribution in [0.3, 0.4) is 0 Å². The Labute approximate surface area is 111 Å². The molecule has 1 saturated heterocycles. The quantitative estimate of drug-likeness (QED) is 0.356. The molecule has 18 heavy (non-hydrogen) atoms. The Morgan fingerprint density at radius 2 is 2.17 bits per heavy atom. The first-order valence-corrected chi connectivity index (χ1v) is 6.78. The zero-order valence-corrected chi connectivity index (χ0v) is 12.4. The molecule has 0 saturated carbocycles. The molecule has 0 aromatic rings. The Hall–Kier alpha value is -0.480. The van der Waals surface area contributed by atoms with Crippen molar-refractivity contribution in [2.45, 2.75) is 30.8 Å². The second-order valence-electron chi connectivity index (χ2n) is 5.45. The van der Waals surface area contributed by atoms with Gasteiger partial charge in [-0.25, -0.2) is 10.0 Å². The molecule has 0 amide bonds. The van der Waals surface area contributed by atoms with Crippen molar-refractivity contribution in [2.24, 2.45) is 10.8 Å². The van der Waals surface area contributed by atoms with Crippen LogP contribution >= 0.6 is 9.39 Å². The van der Waals surface area contributed by atoms with Gasteiger partial charge >= 0.3 is 0 Å². The predicted octanol–water partition coefficient (Wildman–Crippen LogP) is 0.790. The molecule has 2 N–H and O–H groups in total. The van der Waals surface area contributed by atoms with Crippen LogP contribution in [0.1, 0.15) is 19.8 Å². The lowest BCUT2D eigenvalue weighted by atomic mass is 9.87. The molecule has 2 heterocycles. The number of ether oxygens (including phenoxy) is 1. The number of likely N-dealkylation sites (N-methyl/N-ethyl adjacent to an activating group) is 1. The molecule has 5 nitrogen and oxygen atoms in total. The van der Waals surface area contributed by atoms with E-state index in [0.29, 0.717) is 6.61 Å². The minimum Gasteiger partial charge on any atom is -0.477 e. The van der Waals surface area contributed by atoms with Crippen molar-refractivity contribution in [1.82, 2.24) is 9.68 Å². The number of nitrogens with zero attached hydrogens (tertiary/aromatic N) is 3. The third kappa shape index (κ3) is 2.32. The van der Waals surface area contributed by atoms with E-state index in [1.54, 1.807) is 5.01 Å². The normalized spacial score (nSPS) is 32.2. The number of aliphatic imine (C=N–C) groups is 1. The van der Waals surface area contributed by atoms with E-state index in [9.17, 15) is 0 Å². The van der Waals surface area contributed by atoms with Gasteiger partial charge in [0.2, 0.25) is 5.90 Å². The third-order valence-electron chi connectivity index (χ3n) is 4.00. The van der Waals surface area contributed by atoms with Crippen LogP contribution in [0.2, 0.25) is 0 Å². The molecule has 2 aliphatic rings. The third-order valence-corrected chi connectivity index (χ3v) is 4.51. The van der Waals surface area contributed by atoms with Gasteiger partial charge in [0, 0.05) is 20.1 Å². The molecule has 0 aromatic heterocycles. The van der Waals surface area contributed by atoms with E-state index >= 15 is 0 Å². The summed E-state index contributed by atoms with van der Waals surface area (Å²) in [6, 6.07) is 0. The van der Waals surface area contributed by atoms with Crippen molar-refractivity contribution in [3.63, 3.8) is 0 Å². The largest absolute Gasteiger partial charge is 0.477 e. The van der Waals surface area contributed by atoms with E-state index in [-0.39, 0.29) is 11.1 Å². The molecule has 2 unspecified atom stereocenters. The van der Waals surface area contributed by atoms with Crippen LogP contribution in [0.5, 0.6) is 0 Å². The van der Waals surface area contributed by atoms with Gasteiger partial charge in [-0.1, -0.05) is 15.5 Å². The van der Waals surface area contributed by atoms with Crippen LogP contribution in [-0.2, 0) is 4.74 Å². The standard InChI is InChI=1S/C12H23N4OP/c1-4-11(2)9-17-10(14-11)12(15(3)13)5-7-16(18)8-6-12/h4H,1,5-9,13,18H2,2-3H3. The zero-order valence-electron chi connectivity index (χ0n) is 11.2. The van der Waals surface area contributed by atoms with Crippen molar-refractivity contribution in [3.05, 3.63) is 12.7 Å². The summed E-state index contributed by atoms with van der Waals surface area (Å²) in [5.41, 5.74) is -0.579. The SMILES string of the molecule is C=CC1(C)COC(C2(N(C)N)CCN(P)CC2)=N1. The fraction of sp³-hybridized carbons (Fsp3) is 0.750. The maximum Gasteiger partial charge on any atom is 0.206 e. The number of hydrazine groups is 1. The zero-order chi connectivity index (χ0) is 13.4. The maximum atomic E-state index is 6.08. The molecule has 0 spiro atoms. The first-order valence-electron chi connectivity index (χ1n) is 6.27. The molecule has 102 valence electrons. The van der Waals surface area contributed by atoms with Gasteiger partial charge in [0.1, 0.15) is 17.7 Å². The Morgan fingerprint density at radius 3 is 2.61 bits per heavy atom. The van der Waals surface area contributed by atoms with Gasteiger partial charge in [0.05, 0.1) is 0 Å². The first kappa shape index (κ1) is 13.9. The molecule has 0 aliphatic carbocycles. The Balaban J connectivity index is 2.27. The van der Waals surface area contributed by atoms with Crippen LogP contribution in [0.4, 0.5) is 0 Å². The number of nitrogens with two attached hydrogens (primary N) is 1. The van der Waals surface area contributed by atoms with Crippen molar-refractivity contribution in [2.75, 3.05) is 26.7 Å². The molecular weight excluding hydrogens is 247 g/mol. The predicted molar refractivity (Wildman–Crippen MR) is 77.2 cm³/mol. The average molecular weight is 270 g/mol. The van der Waals surface area contributed by atoms with Gasteiger partial charge in [0.25, 0.3) is 0 Å². The second kappa shape index (κ2) is 4.89. The summed E-state index contributed by atoms with van der Waals surface area (Å²) in [6.45, 7) is 8.36. The summed E-state index contributed by atoms with van der Waals surface area (Å²) in [4.78, 5) is 4.71. The highest BCUT2D eigenvalue weighted by Crippen LogP contribution is 2.34. The minimum absolute atomic E-state index is 0.270. The molecule has 2 atom stereocenters. The topological polar surface area (TPSA) is 54.1 Å². The Morgan fingerprint density at radius 1 is 1.56 bits per heavy atom. The summed E-state index contributed by atoms with van der Waals surface area (Å²) >= 11 is 0. The Bertz CT molecular complexity index is 363. The average Bonchev–Trinajstić information content (AvgIpc) is 2.74. The van der Waals surface area contributed by atoms with Crippen molar-refractivity contribution in [1.29, 1.82) is 0 Å². The van der Waals surface area contributed by atoms with Crippen LogP contribution < -0.4 is 5.84 Å².